The van der Waals surface area contributed by atoms with Gasteiger partial charge in [-0.25, -0.2) is 8.42 Å². The Balaban J connectivity index is 0.000000246. The molecule has 0 bridgehead atoms. The molecule has 0 spiro atoms. The molecule has 0 aromatic heterocycles. The van der Waals surface area contributed by atoms with Gasteiger partial charge in [-0.2, -0.15) is 23.8 Å². The fourth-order valence-corrected chi connectivity index (χ4v) is 10.6. The van der Waals surface area contributed by atoms with Crippen LogP contribution in [0.3, 0.4) is 0 Å². The monoisotopic (exact) mass is 1240 g/mol. The number of carbonyl (C=O) groups excluding carboxylic acids is 2. The van der Waals surface area contributed by atoms with Gasteiger partial charge in [-0.15, -0.1) is 5.11 Å². The number of phenolic OH excluding ortho intramolecular Hbond substituents is 1. The van der Waals surface area contributed by atoms with Crippen molar-refractivity contribution >= 4 is 160 Å². The van der Waals surface area contributed by atoms with Gasteiger partial charge in [0.2, 0.25) is 0 Å². The molecule has 0 heterocycles. The molecule has 4 N–H and O–H groups in total. The molecule has 2 amide bonds. The number of nitrogens with one attached hydrogen (secondary N) is 2. The second-order valence-electron chi connectivity index (χ2n) is 16.3. The number of hydrogen-bond acceptors (Lipinski definition) is 15. The summed E-state index contributed by atoms with van der Waals surface area (Å²) in [6.07, 6.45) is 0.308. The van der Waals surface area contributed by atoms with E-state index in [9.17, 15) is 45.7 Å². The maximum atomic E-state index is 13.4. The van der Waals surface area contributed by atoms with E-state index in [0.717, 1.165) is 0 Å². The first-order chi connectivity index (χ1) is 36.3. The Morgan fingerprint density at radius 1 is 0.584 bits per heavy atom. The first-order valence-electron chi connectivity index (χ1n) is 23.2. The predicted molar refractivity (Wildman–Crippen MR) is 294 cm³/mol. The van der Waals surface area contributed by atoms with Crippen LogP contribution in [0, 0.1) is 0 Å². The third kappa shape index (κ3) is 14.2. The van der Waals surface area contributed by atoms with E-state index in [0.29, 0.717) is 57.6 Å². The summed E-state index contributed by atoms with van der Waals surface area (Å²) < 4.78 is 79.7. The first-order valence-corrected chi connectivity index (χ1v) is 26.8. The van der Waals surface area contributed by atoms with Crippen molar-refractivity contribution in [3.05, 3.63) is 166 Å². The number of aromatic hydroxyl groups is 1. The molecule has 0 fully saturated rings. The number of carbonyl (C=O) groups is 2. The summed E-state index contributed by atoms with van der Waals surface area (Å²) in [5.41, 5.74) is 1.15. The van der Waals surface area contributed by atoms with Crippen LogP contribution in [0.25, 0.3) is 21.5 Å². The van der Waals surface area contributed by atoms with E-state index in [1.807, 2.05) is 13.8 Å². The molecule has 8 rings (SSSR count). The maximum Gasteiger partial charge on any atom is 2.00 e. The fraction of sp³-hybridized carbons (Fsp3) is 0.148. The van der Waals surface area contributed by atoms with Crippen LogP contribution in [-0.2, 0) is 33.1 Å². The zero-order chi connectivity index (χ0) is 54.9. The van der Waals surface area contributed by atoms with Gasteiger partial charge < -0.3 is 34.9 Å². The van der Waals surface area contributed by atoms with Crippen LogP contribution in [0.5, 0.6) is 23.0 Å². The van der Waals surface area contributed by atoms with E-state index >= 15 is 0 Å². The molecule has 392 valence electrons. The average molecular weight is 1240 g/mol. The Kier molecular flexibility index (Phi) is 20.4. The van der Waals surface area contributed by atoms with Gasteiger partial charge in [-0.1, -0.05) is 91.3 Å². The van der Waals surface area contributed by atoms with E-state index in [4.69, 9.17) is 32.7 Å². The SMILES string of the molecule is CCOc1ccc(NC(=O)c2cc3ccccc3c(N=Nc3ccc(Cl)c(S(=O)(=O)O)c3CC)c2O)cc1.CCOc1ccc(NC(=O)c2cc3ccccc3c(N=Nc3ccc(Cl)c(S(=O)(=O)[O-])c3CC)c2[O-])cc1.[Ba+2]. The van der Waals surface area contributed by atoms with Crippen LogP contribution in [0.2, 0.25) is 10.0 Å². The smallest absolute Gasteiger partial charge is 0.870 e. The first kappa shape index (κ1) is 59.8. The number of phenols is 1. The third-order valence-corrected chi connectivity index (χ3v) is 14.2. The topological polar surface area (TPSA) is 281 Å². The van der Waals surface area contributed by atoms with Crippen molar-refractivity contribution in [1.29, 1.82) is 0 Å². The molecule has 0 unspecified atom stereocenters. The molecule has 18 nitrogen and oxygen atoms in total. The van der Waals surface area contributed by atoms with Gasteiger partial charge >= 0.3 is 48.9 Å². The Hall–Kier alpha value is -6.41. The quantitative estimate of drug-likeness (QED) is 0.0399. The number of benzene rings is 8. The second-order valence-corrected chi connectivity index (χ2v) is 19.8. The number of amides is 2. The van der Waals surface area contributed by atoms with Crippen LogP contribution in [0.1, 0.15) is 59.5 Å². The second kappa shape index (κ2) is 26.3. The van der Waals surface area contributed by atoms with Gasteiger partial charge in [-0.3, -0.25) is 14.1 Å². The summed E-state index contributed by atoms with van der Waals surface area (Å²) in [5, 5.41) is 48.3. The summed E-state index contributed by atoms with van der Waals surface area (Å²) >= 11 is 12.0. The van der Waals surface area contributed by atoms with Crippen molar-refractivity contribution in [2.24, 2.45) is 20.5 Å². The Labute approximate surface area is 493 Å². The van der Waals surface area contributed by atoms with Crippen molar-refractivity contribution in [2.45, 2.75) is 50.3 Å². The molecule has 0 atom stereocenters. The molecule has 23 heteroatoms. The number of rotatable bonds is 16. The largest absolute Gasteiger partial charge is 2.00 e. The number of nitrogens with zero attached hydrogens (tertiary/aromatic N) is 4. The molecule has 0 saturated carbocycles. The zero-order valence-electron chi connectivity index (χ0n) is 41.6. The van der Waals surface area contributed by atoms with E-state index in [1.54, 1.807) is 117 Å². The molecule has 0 aliphatic heterocycles. The Bertz CT molecular complexity index is 3560. The van der Waals surface area contributed by atoms with Crippen LogP contribution in [0.4, 0.5) is 34.1 Å². The summed E-state index contributed by atoms with van der Waals surface area (Å²) in [6.45, 7) is 8.07. The van der Waals surface area contributed by atoms with Gasteiger partial charge in [0.1, 0.15) is 32.2 Å². The van der Waals surface area contributed by atoms with Gasteiger partial charge in [0, 0.05) is 33.3 Å². The van der Waals surface area contributed by atoms with Crippen molar-refractivity contribution < 1.29 is 55.2 Å². The van der Waals surface area contributed by atoms with E-state index in [1.165, 1.54) is 30.3 Å². The molecule has 77 heavy (non-hydrogen) atoms. The van der Waals surface area contributed by atoms with Crippen LogP contribution in [-0.4, -0.2) is 105 Å². The summed E-state index contributed by atoms with van der Waals surface area (Å²) in [4.78, 5) is 25.2. The molecule has 0 saturated heterocycles. The molecule has 0 aliphatic carbocycles. The number of anilines is 2. The number of ether oxygens (including phenoxy) is 2. The van der Waals surface area contributed by atoms with Gasteiger partial charge in [-0.05, 0) is 128 Å². The fourth-order valence-electron chi connectivity index (χ4n) is 7.97. The molecular formula is C54H46BaCl2N6O12S2. The van der Waals surface area contributed by atoms with E-state index in [-0.39, 0.29) is 117 Å². The summed E-state index contributed by atoms with van der Waals surface area (Å²) in [7, 11) is -9.51. The number of azo groups is 2. The maximum absolute atomic E-state index is 13.4. The summed E-state index contributed by atoms with van der Waals surface area (Å²) in [6, 6.07) is 35.8. The van der Waals surface area contributed by atoms with E-state index in [2.05, 4.69) is 31.1 Å². The molecule has 8 aromatic carbocycles. The number of hydrogen-bond donors (Lipinski definition) is 4. The minimum atomic E-state index is -4.88. The molecular weight excluding hydrogens is 1200 g/mol. The normalized spacial score (nSPS) is 11.5. The average Bonchev–Trinajstić information content (AvgIpc) is 3.39. The van der Waals surface area contributed by atoms with Crippen LogP contribution in [0.15, 0.2) is 164 Å². The van der Waals surface area contributed by atoms with Crippen molar-refractivity contribution in [2.75, 3.05) is 23.8 Å². The van der Waals surface area contributed by atoms with Gasteiger partial charge in [0.25, 0.3) is 21.9 Å². The molecule has 0 aliphatic rings. The van der Waals surface area contributed by atoms with Gasteiger partial charge in [0.15, 0.2) is 5.75 Å². The molecule has 8 aromatic rings. The Morgan fingerprint density at radius 3 is 1.45 bits per heavy atom. The standard InChI is InChI=1S/2C27H24ClN3O6S.Ba/c2*1-3-19-23(14-13-22(28)26(19)38(34,35)36)30-31-24-20-8-6-5-7-16(20)15-21(25(24)32)27(33)29-17-9-11-18(12-10-17)37-4-2;/h2*5-15,32H,3-4H2,1-2H3,(H,29,33)(H,34,35,36);/q;;+2/p-2. The predicted octanol–water partition coefficient (Wildman–Crippen LogP) is 12.8. The number of fused-ring (bicyclic) bond motifs is 2. The molecule has 0 radical (unpaired) electrons. The zero-order valence-corrected chi connectivity index (χ0v) is 49.2. The minimum Gasteiger partial charge on any atom is -0.870 e. The van der Waals surface area contributed by atoms with Crippen LogP contribution < -0.4 is 25.2 Å². The number of halogens is 2. The Morgan fingerprint density at radius 2 is 1.00 bits per heavy atom. The minimum absolute atomic E-state index is 0. The van der Waals surface area contributed by atoms with Crippen LogP contribution >= 0.6 is 23.2 Å². The summed E-state index contributed by atoms with van der Waals surface area (Å²) in [5.74, 6) is -0.972. The van der Waals surface area contributed by atoms with Crippen molar-refractivity contribution in [3.8, 4) is 23.0 Å². The van der Waals surface area contributed by atoms with Crippen molar-refractivity contribution in [1.82, 2.24) is 0 Å². The third-order valence-electron chi connectivity index (χ3n) is 11.4. The van der Waals surface area contributed by atoms with E-state index < -0.39 is 53.3 Å². The van der Waals surface area contributed by atoms with Crippen molar-refractivity contribution in [3.63, 3.8) is 0 Å². The van der Waals surface area contributed by atoms with Gasteiger partial charge in [0.05, 0.1) is 50.8 Å².